The van der Waals surface area contributed by atoms with Gasteiger partial charge in [0.2, 0.25) is 0 Å². The number of benzene rings is 2. The molecule has 0 bridgehead atoms. The minimum absolute atomic E-state index is 0.678. The molecule has 0 radical (unpaired) electrons. The Bertz CT molecular complexity index is 458. The van der Waals surface area contributed by atoms with E-state index in [1.54, 1.807) is 0 Å². The molecule has 0 aromatic heterocycles. The molecule has 2 aromatic carbocycles. The predicted molar refractivity (Wildman–Crippen MR) is 98.4 cm³/mol. The Morgan fingerprint density at radius 1 is 0.682 bits per heavy atom. The topological polar surface area (TPSA) is 9.23 Å². The number of unbranched alkanes of at least 4 members (excludes halogenated alkanes) is 5. The van der Waals surface area contributed by atoms with Crippen LogP contribution in [0.5, 0.6) is 0 Å². The molecule has 0 spiro atoms. The molecule has 2 heteroatoms. The first kappa shape index (κ1) is 17.2. The number of hydrogen-bond donors (Lipinski definition) is 0. The average molecular weight is 314 g/mol. The highest BCUT2D eigenvalue weighted by atomic mass is 31.1. The summed E-state index contributed by atoms with van der Waals surface area (Å²) < 4.78 is 6.29. The molecule has 0 aliphatic rings. The van der Waals surface area contributed by atoms with Gasteiger partial charge in [0.05, 0.1) is 14.8 Å². The van der Waals surface area contributed by atoms with E-state index < -0.39 is 8.15 Å². The quantitative estimate of drug-likeness (QED) is 0.421. The molecule has 2 rings (SSSR count). The highest BCUT2D eigenvalue weighted by molar-refractivity contribution is 7.68. The fourth-order valence-corrected chi connectivity index (χ4v) is 4.26. The standard InChI is InChI=1S/C20H27OP/c1-2-3-4-5-6-13-18-21-22(19-14-9-7-10-15-19)20-16-11-8-12-17-20/h7-12,14-17H,2-6,13,18H2,1H3. The van der Waals surface area contributed by atoms with E-state index in [0.29, 0.717) is 0 Å². The zero-order valence-electron chi connectivity index (χ0n) is 13.6. The van der Waals surface area contributed by atoms with Crippen LogP contribution in [0.2, 0.25) is 0 Å². The van der Waals surface area contributed by atoms with Crippen molar-refractivity contribution in [3.63, 3.8) is 0 Å². The average Bonchev–Trinajstić information content (AvgIpc) is 2.59. The van der Waals surface area contributed by atoms with Gasteiger partial charge in [0.1, 0.15) is 0 Å². The molecule has 0 fully saturated rings. The third kappa shape index (κ3) is 5.91. The first-order valence-electron chi connectivity index (χ1n) is 8.45. The third-order valence-electron chi connectivity index (χ3n) is 3.70. The maximum atomic E-state index is 6.29. The Labute approximate surface area is 136 Å². The zero-order chi connectivity index (χ0) is 15.5. The van der Waals surface area contributed by atoms with E-state index in [2.05, 4.69) is 67.6 Å². The molecular formula is C20H27OP. The van der Waals surface area contributed by atoms with E-state index in [9.17, 15) is 0 Å². The van der Waals surface area contributed by atoms with Crippen molar-refractivity contribution in [2.75, 3.05) is 6.61 Å². The molecule has 2 aromatic rings. The lowest BCUT2D eigenvalue weighted by molar-refractivity contribution is 0.343. The molecule has 0 saturated heterocycles. The van der Waals surface area contributed by atoms with Crippen LogP contribution in [0.15, 0.2) is 60.7 Å². The van der Waals surface area contributed by atoms with Crippen molar-refractivity contribution < 1.29 is 4.52 Å². The second-order valence-electron chi connectivity index (χ2n) is 5.57. The van der Waals surface area contributed by atoms with Gasteiger partial charge in [-0.2, -0.15) is 0 Å². The van der Waals surface area contributed by atoms with Gasteiger partial charge in [-0.05, 0) is 6.42 Å². The highest BCUT2D eigenvalue weighted by Crippen LogP contribution is 2.34. The summed E-state index contributed by atoms with van der Waals surface area (Å²) in [6.45, 7) is 3.12. The van der Waals surface area contributed by atoms with E-state index in [0.717, 1.165) is 6.61 Å². The first-order chi connectivity index (χ1) is 10.9. The van der Waals surface area contributed by atoms with Gasteiger partial charge in [-0.3, -0.25) is 0 Å². The third-order valence-corrected chi connectivity index (χ3v) is 5.67. The van der Waals surface area contributed by atoms with Crippen LogP contribution in [0.25, 0.3) is 0 Å². The van der Waals surface area contributed by atoms with Crippen molar-refractivity contribution in [2.24, 2.45) is 0 Å². The van der Waals surface area contributed by atoms with E-state index in [4.69, 9.17) is 4.52 Å². The molecule has 0 saturated carbocycles. The lowest BCUT2D eigenvalue weighted by Gasteiger charge is -2.18. The Morgan fingerprint density at radius 2 is 1.18 bits per heavy atom. The van der Waals surface area contributed by atoms with Crippen molar-refractivity contribution in [2.45, 2.75) is 45.4 Å². The van der Waals surface area contributed by atoms with Gasteiger partial charge in [-0.1, -0.05) is 99.7 Å². The molecule has 1 nitrogen and oxygen atoms in total. The minimum Gasteiger partial charge on any atom is -0.350 e. The van der Waals surface area contributed by atoms with Crippen molar-refractivity contribution in [3.8, 4) is 0 Å². The van der Waals surface area contributed by atoms with Gasteiger partial charge < -0.3 is 4.52 Å². The van der Waals surface area contributed by atoms with Crippen molar-refractivity contribution in [3.05, 3.63) is 60.7 Å². The largest absolute Gasteiger partial charge is 0.350 e. The van der Waals surface area contributed by atoms with Crippen molar-refractivity contribution >= 4 is 18.8 Å². The Kier molecular flexibility index (Phi) is 8.23. The second-order valence-corrected chi connectivity index (χ2v) is 7.45. The molecule has 0 unspecified atom stereocenters. The highest BCUT2D eigenvalue weighted by Gasteiger charge is 2.14. The Hall–Kier alpha value is -1.17. The van der Waals surface area contributed by atoms with Crippen LogP contribution < -0.4 is 10.6 Å². The minimum atomic E-state index is -0.678. The maximum absolute atomic E-state index is 6.29. The van der Waals surface area contributed by atoms with Crippen molar-refractivity contribution in [1.82, 2.24) is 0 Å². The SMILES string of the molecule is CCCCCCCCOP(c1ccccc1)c1ccccc1. The molecule has 0 atom stereocenters. The smallest absolute Gasteiger partial charge is 0.0917 e. The van der Waals surface area contributed by atoms with Crippen LogP contribution in [0, 0.1) is 0 Å². The van der Waals surface area contributed by atoms with Gasteiger partial charge in [0.25, 0.3) is 0 Å². The lowest BCUT2D eigenvalue weighted by Crippen LogP contribution is -2.14. The molecule has 0 N–H and O–H groups in total. The Balaban J connectivity index is 1.87. The van der Waals surface area contributed by atoms with Crippen LogP contribution in [-0.2, 0) is 4.52 Å². The van der Waals surface area contributed by atoms with Gasteiger partial charge in [0, 0.05) is 10.6 Å². The summed E-state index contributed by atoms with van der Waals surface area (Å²) >= 11 is 0. The van der Waals surface area contributed by atoms with Crippen LogP contribution in [0.4, 0.5) is 0 Å². The molecule has 0 aliphatic heterocycles. The van der Waals surface area contributed by atoms with E-state index >= 15 is 0 Å². The second kappa shape index (κ2) is 10.5. The monoisotopic (exact) mass is 314 g/mol. The lowest BCUT2D eigenvalue weighted by atomic mass is 10.1. The van der Waals surface area contributed by atoms with Gasteiger partial charge in [-0.25, -0.2) is 0 Å². The van der Waals surface area contributed by atoms with E-state index in [1.165, 1.54) is 49.1 Å². The summed E-state index contributed by atoms with van der Waals surface area (Å²) in [4.78, 5) is 0. The normalized spacial score (nSPS) is 11.0. The molecule has 0 heterocycles. The Morgan fingerprint density at radius 3 is 1.73 bits per heavy atom. The van der Waals surface area contributed by atoms with E-state index in [-0.39, 0.29) is 0 Å². The number of rotatable bonds is 10. The molecule has 22 heavy (non-hydrogen) atoms. The van der Waals surface area contributed by atoms with Gasteiger partial charge in [-0.15, -0.1) is 0 Å². The van der Waals surface area contributed by atoms with Crippen LogP contribution in [-0.4, -0.2) is 6.61 Å². The summed E-state index contributed by atoms with van der Waals surface area (Å²) in [7, 11) is -0.678. The van der Waals surface area contributed by atoms with Gasteiger partial charge in [0.15, 0.2) is 0 Å². The summed E-state index contributed by atoms with van der Waals surface area (Å²) in [5.41, 5.74) is 0. The summed E-state index contributed by atoms with van der Waals surface area (Å²) in [5, 5.41) is 2.60. The molecule has 118 valence electrons. The summed E-state index contributed by atoms with van der Waals surface area (Å²) in [5.74, 6) is 0. The van der Waals surface area contributed by atoms with Gasteiger partial charge >= 0.3 is 0 Å². The van der Waals surface area contributed by atoms with Crippen LogP contribution in [0.3, 0.4) is 0 Å². The first-order valence-corrected chi connectivity index (χ1v) is 9.71. The predicted octanol–water partition coefficient (Wildman–Crippen LogP) is 5.41. The summed E-state index contributed by atoms with van der Waals surface area (Å²) in [6.07, 6.45) is 7.83. The zero-order valence-corrected chi connectivity index (χ0v) is 14.5. The van der Waals surface area contributed by atoms with E-state index in [1.807, 2.05) is 0 Å². The number of hydrogen-bond acceptors (Lipinski definition) is 1. The molecule has 0 amide bonds. The van der Waals surface area contributed by atoms with Crippen LogP contribution in [0.1, 0.15) is 45.4 Å². The maximum Gasteiger partial charge on any atom is 0.0917 e. The fraction of sp³-hybridized carbons (Fsp3) is 0.400. The van der Waals surface area contributed by atoms with Crippen molar-refractivity contribution in [1.29, 1.82) is 0 Å². The van der Waals surface area contributed by atoms with Crippen LogP contribution >= 0.6 is 8.15 Å². The molecule has 0 aliphatic carbocycles. The molecular weight excluding hydrogens is 287 g/mol. The summed E-state index contributed by atoms with van der Waals surface area (Å²) in [6, 6.07) is 21.2. The fourth-order valence-electron chi connectivity index (χ4n) is 2.46.